The lowest BCUT2D eigenvalue weighted by molar-refractivity contribution is -0.149. The number of hydrogen-bond acceptors (Lipinski definition) is 5. The van der Waals surface area contributed by atoms with E-state index in [4.69, 9.17) is 10.8 Å². The standard InChI is InChI=1S/C13H12N2O6/c14-13(12(20)21,6-5-9(16)17)15-10(18)7-3-1-2-4-8(7)11(15)19/h1-4H,5-6,14H2,(H,16,17)(H,20,21)/t13-/m1/s1. The van der Waals surface area contributed by atoms with Gasteiger partial charge in [0.15, 0.2) is 5.66 Å². The maximum atomic E-state index is 12.2. The monoisotopic (exact) mass is 292 g/mol. The van der Waals surface area contributed by atoms with Crippen LogP contribution >= 0.6 is 0 Å². The number of carbonyl (C=O) groups excluding carboxylic acids is 2. The normalized spacial score (nSPS) is 16.5. The molecule has 0 aromatic heterocycles. The summed E-state index contributed by atoms with van der Waals surface area (Å²) in [4.78, 5) is 46.9. The topological polar surface area (TPSA) is 138 Å². The van der Waals surface area contributed by atoms with Gasteiger partial charge in [-0.1, -0.05) is 12.1 Å². The van der Waals surface area contributed by atoms with E-state index in [9.17, 15) is 24.3 Å². The van der Waals surface area contributed by atoms with Gasteiger partial charge in [0, 0.05) is 12.8 Å². The minimum absolute atomic E-state index is 0.0499. The molecule has 2 rings (SSSR count). The number of benzene rings is 1. The van der Waals surface area contributed by atoms with Crippen molar-refractivity contribution in [1.29, 1.82) is 0 Å². The Morgan fingerprint density at radius 2 is 1.57 bits per heavy atom. The number of rotatable bonds is 5. The summed E-state index contributed by atoms with van der Waals surface area (Å²) in [6, 6.07) is 5.83. The highest BCUT2D eigenvalue weighted by Gasteiger charge is 2.51. The third-order valence-corrected chi connectivity index (χ3v) is 3.28. The van der Waals surface area contributed by atoms with E-state index in [1.165, 1.54) is 24.3 Å². The lowest BCUT2D eigenvalue weighted by Gasteiger charge is -2.32. The molecule has 1 heterocycles. The Morgan fingerprint density at radius 3 is 1.95 bits per heavy atom. The number of carboxylic acid groups (broad SMARTS) is 2. The molecule has 8 nitrogen and oxygen atoms in total. The molecule has 0 saturated carbocycles. The van der Waals surface area contributed by atoms with Gasteiger partial charge in [-0.3, -0.25) is 20.1 Å². The highest BCUT2D eigenvalue weighted by molar-refractivity contribution is 6.23. The smallest absolute Gasteiger partial charge is 0.345 e. The summed E-state index contributed by atoms with van der Waals surface area (Å²) in [7, 11) is 0. The van der Waals surface area contributed by atoms with Gasteiger partial charge in [-0.05, 0) is 12.1 Å². The Labute approximate surface area is 118 Å². The van der Waals surface area contributed by atoms with E-state index >= 15 is 0 Å². The van der Waals surface area contributed by atoms with Crippen molar-refractivity contribution in [3.63, 3.8) is 0 Å². The third kappa shape index (κ3) is 2.25. The second-order valence-electron chi connectivity index (χ2n) is 4.61. The molecule has 2 amide bonds. The predicted octanol–water partition coefficient (Wildman–Crippen LogP) is -0.113. The Kier molecular flexibility index (Phi) is 3.48. The number of carboxylic acids is 2. The van der Waals surface area contributed by atoms with Crippen LogP contribution in [0.4, 0.5) is 0 Å². The van der Waals surface area contributed by atoms with Gasteiger partial charge in [-0.15, -0.1) is 0 Å². The van der Waals surface area contributed by atoms with Gasteiger partial charge in [0.25, 0.3) is 11.8 Å². The molecule has 1 aromatic carbocycles. The zero-order valence-corrected chi connectivity index (χ0v) is 10.8. The van der Waals surface area contributed by atoms with Crippen molar-refractivity contribution in [2.45, 2.75) is 18.5 Å². The second kappa shape index (κ2) is 4.98. The number of carbonyl (C=O) groups is 4. The van der Waals surface area contributed by atoms with Gasteiger partial charge in [0.1, 0.15) is 0 Å². The summed E-state index contributed by atoms with van der Waals surface area (Å²) in [6.07, 6.45) is -1.17. The first kappa shape index (κ1) is 14.7. The van der Waals surface area contributed by atoms with E-state index in [0.717, 1.165) is 0 Å². The molecule has 0 saturated heterocycles. The van der Waals surface area contributed by atoms with Crippen molar-refractivity contribution in [2.24, 2.45) is 5.73 Å². The Bertz CT molecular complexity index is 621. The molecule has 21 heavy (non-hydrogen) atoms. The van der Waals surface area contributed by atoms with Gasteiger partial charge in [-0.2, -0.15) is 0 Å². The highest BCUT2D eigenvalue weighted by atomic mass is 16.4. The molecular weight excluding hydrogens is 280 g/mol. The minimum atomic E-state index is -2.40. The Morgan fingerprint density at radius 1 is 1.10 bits per heavy atom. The van der Waals surface area contributed by atoms with Crippen LogP contribution in [0, 0.1) is 0 Å². The van der Waals surface area contributed by atoms with Gasteiger partial charge < -0.3 is 10.2 Å². The molecule has 8 heteroatoms. The van der Waals surface area contributed by atoms with Crippen molar-refractivity contribution < 1.29 is 29.4 Å². The molecule has 0 fully saturated rings. The van der Waals surface area contributed by atoms with Gasteiger partial charge in [-0.25, -0.2) is 9.69 Å². The van der Waals surface area contributed by atoms with Crippen molar-refractivity contribution in [1.82, 2.24) is 4.90 Å². The molecule has 110 valence electrons. The van der Waals surface area contributed by atoms with Crippen LogP contribution in [0.2, 0.25) is 0 Å². The molecule has 4 N–H and O–H groups in total. The molecule has 0 spiro atoms. The molecule has 1 aliphatic heterocycles. The molecule has 0 radical (unpaired) electrons. The minimum Gasteiger partial charge on any atom is -0.481 e. The molecule has 1 aliphatic rings. The maximum Gasteiger partial charge on any atom is 0.345 e. The zero-order chi connectivity index (χ0) is 15.8. The average Bonchev–Trinajstić information content (AvgIpc) is 2.69. The Balaban J connectivity index is 2.44. The number of hydrogen-bond donors (Lipinski definition) is 3. The number of fused-ring (bicyclic) bond motifs is 1. The number of aliphatic carboxylic acids is 2. The van der Waals surface area contributed by atoms with E-state index in [0.29, 0.717) is 4.90 Å². The zero-order valence-electron chi connectivity index (χ0n) is 10.8. The van der Waals surface area contributed by atoms with Crippen LogP contribution in [-0.4, -0.2) is 44.5 Å². The highest BCUT2D eigenvalue weighted by Crippen LogP contribution is 2.29. The van der Waals surface area contributed by atoms with Crippen molar-refractivity contribution in [3.05, 3.63) is 35.4 Å². The van der Waals surface area contributed by atoms with Crippen molar-refractivity contribution in [3.8, 4) is 0 Å². The summed E-state index contributed by atoms with van der Waals surface area (Å²) in [5.41, 5.74) is 3.38. The van der Waals surface area contributed by atoms with E-state index < -0.39 is 42.3 Å². The number of amides is 2. The largest absolute Gasteiger partial charge is 0.481 e. The van der Waals surface area contributed by atoms with E-state index in [1.54, 1.807) is 0 Å². The predicted molar refractivity (Wildman–Crippen MR) is 68.4 cm³/mol. The van der Waals surface area contributed by atoms with Gasteiger partial charge in [0.2, 0.25) is 0 Å². The van der Waals surface area contributed by atoms with Crippen molar-refractivity contribution in [2.75, 3.05) is 0 Å². The van der Waals surface area contributed by atoms with Crippen LogP contribution < -0.4 is 5.73 Å². The SMILES string of the molecule is N[C@@](CCC(=O)O)(C(=O)O)N1C(=O)c2ccccc2C1=O. The average molecular weight is 292 g/mol. The number of imide groups is 1. The molecule has 1 atom stereocenters. The van der Waals surface area contributed by atoms with Crippen molar-refractivity contribution >= 4 is 23.8 Å². The third-order valence-electron chi connectivity index (χ3n) is 3.28. The molecule has 0 bridgehead atoms. The van der Waals surface area contributed by atoms with Crippen LogP contribution in [0.15, 0.2) is 24.3 Å². The van der Waals surface area contributed by atoms with Crippen LogP contribution in [0.3, 0.4) is 0 Å². The van der Waals surface area contributed by atoms with E-state index in [1.807, 2.05) is 0 Å². The maximum absolute atomic E-state index is 12.2. The Hall–Kier alpha value is -2.74. The van der Waals surface area contributed by atoms with Gasteiger partial charge in [0.05, 0.1) is 11.1 Å². The molecular formula is C13H12N2O6. The second-order valence-corrected chi connectivity index (χ2v) is 4.61. The van der Waals surface area contributed by atoms with Crippen LogP contribution in [0.25, 0.3) is 0 Å². The lowest BCUT2D eigenvalue weighted by Crippen LogP contribution is -2.63. The van der Waals surface area contributed by atoms with E-state index in [2.05, 4.69) is 0 Å². The number of nitrogens with two attached hydrogens (primary N) is 1. The van der Waals surface area contributed by atoms with Crippen LogP contribution in [0.1, 0.15) is 33.6 Å². The molecule has 0 aliphatic carbocycles. The van der Waals surface area contributed by atoms with Crippen LogP contribution in [0.5, 0.6) is 0 Å². The first-order chi connectivity index (χ1) is 9.79. The molecule has 0 unspecified atom stereocenters. The first-order valence-electron chi connectivity index (χ1n) is 6.01. The fourth-order valence-electron chi connectivity index (χ4n) is 2.16. The van der Waals surface area contributed by atoms with E-state index in [-0.39, 0.29) is 11.1 Å². The summed E-state index contributed by atoms with van der Waals surface area (Å²) in [5.74, 6) is -4.60. The summed E-state index contributed by atoms with van der Waals surface area (Å²) in [6.45, 7) is 0. The first-order valence-corrected chi connectivity index (χ1v) is 6.01. The number of nitrogens with zero attached hydrogens (tertiary/aromatic N) is 1. The van der Waals surface area contributed by atoms with Gasteiger partial charge >= 0.3 is 11.9 Å². The summed E-state index contributed by atoms with van der Waals surface area (Å²) < 4.78 is 0. The quantitative estimate of drug-likeness (QED) is 0.643. The molecule has 1 aromatic rings. The van der Waals surface area contributed by atoms with Crippen LogP contribution in [-0.2, 0) is 9.59 Å². The summed E-state index contributed by atoms with van der Waals surface area (Å²) >= 11 is 0. The fraction of sp³-hybridized carbons (Fsp3) is 0.231. The lowest BCUT2D eigenvalue weighted by atomic mass is 10.0. The fourth-order valence-corrected chi connectivity index (χ4v) is 2.16. The summed E-state index contributed by atoms with van der Waals surface area (Å²) in [5, 5.41) is 17.9.